The van der Waals surface area contributed by atoms with Gasteiger partial charge in [-0.2, -0.15) is 0 Å². The van der Waals surface area contributed by atoms with Crippen LogP contribution in [0.4, 0.5) is 0 Å². The molecule has 12 heavy (non-hydrogen) atoms. The second-order valence-corrected chi connectivity index (χ2v) is 3.42. The van der Waals surface area contributed by atoms with Crippen molar-refractivity contribution in [2.75, 3.05) is 0 Å². The van der Waals surface area contributed by atoms with Crippen LogP contribution in [0.5, 0.6) is 0 Å². The molecule has 0 N–H and O–H groups in total. The minimum Gasteiger partial charge on any atom is -0.325 e. The van der Waals surface area contributed by atoms with Crippen LogP contribution in [-0.4, -0.2) is 15.8 Å². The Hall–Kier alpha value is -1.12. The molecule has 0 spiro atoms. The normalized spacial score (nSPS) is 19.1. The van der Waals surface area contributed by atoms with Crippen LogP contribution in [0.2, 0.25) is 0 Å². The van der Waals surface area contributed by atoms with E-state index in [-0.39, 0.29) is 0 Å². The number of carbonyl (C=O) groups excluding carboxylic acids is 1. The van der Waals surface area contributed by atoms with E-state index in [1.165, 1.54) is 12.8 Å². The van der Waals surface area contributed by atoms with E-state index in [4.69, 9.17) is 0 Å². The molecule has 3 heteroatoms. The highest BCUT2D eigenvalue weighted by Gasteiger charge is 2.29. The summed E-state index contributed by atoms with van der Waals surface area (Å²) in [7, 11) is 0. The van der Waals surface area contributed by atoms with E-state index in [1.54, 1.807) is 12.5 Å². The van der Waals surface area contributed by atoms with Crippen molar-refractivity contribution in [2.24, 2.45) is 5.92 Å². The predicted octanol–water partition coefficient (Wildman–Crippen LogP) is 1.67. The monoisotopic (exact) mass is 164 g/mol. The SMILES string of the molecule is CC(C1CC1)n1cncc1C=O. The number of carbonyl (C=O) groups is 1. The van der Waals surface area contributed by atoms with Crippen molar-refractivity contribution in [3.8, 4) is 0 Å². The lowest BCUT2D eigenvalue weighted by molar-refractivity contribution is 0.111. The lowest BCUT2D eigenvalue weighted by Gasteiger charge is -2.12. The van der Waals surface area contributed by atoms with Gasteiger partial charge in [0.25, 0.3) is 0 Å². The van der Waals surface area contributed by atoms with E-state index in [9.17, 15) is 4.79 Å². The Kier molecular flexibility index (Phi) is 1.71. The minimum absolute atomic E-state index is 0.438. The summed E-state index contributed by atoms with van der Waals surface area (Å²) < 4.78 is 1.96. The third kappa shape index (κ3) is 1.15. The van der Waals surface area contributed by atoms with Crippen LogP contribution in [0.15, 0.2) is 12.5 Å². The fourth-order valence-corrected chi connectivity index (χ4v) is 1.55. The molecule has 1 heterocycles. The van der Waals surface area contributed by atoms with E-state index in [2.05, 4.69) is 11.9 Å². The Labute approximate surface area is 71.4 Å². The summed E-state index contributed by atoms with van der Waals surface area (Å²) in [5.74, 6) is 0.762. The number of imidazole rings is 1. The smallest absolute Gasteiger partial charge is 0.168 e. The van der Waals surface area contributed by atoms with Crippen molar-refractivity contribution in [3.05, 3.63) is 18.2 Å². The lowest BCUT2D eigenvalue weighted by Crippen LogP contribution is -2.08. The Bertz CT molecular complexity index is 288. The Morgan fingerprint density at radius 1 is 1.75 bits per heavy atom. The fourth-order valence-electron chi connectivity index (χ4n) is 1.55. The Morgan fingerprint density at radius 3 is 3.08 bits per heavy atom. The van der Waals surface area contributed by atoms with Crippen LogP contribution in [0.1, 0.15) is 36.3 Å². The van der Waals surface area contributed by atoms with Crippen molar-refractivity contribution in [1.82, 2.24) is 9.55 Å². The maximum Gasteiger partial charge on any atom is 0.168 e. The molecule has 0 radical (unpaired) electrons. The van der Waals surface area contributed by atoms with Crippen LogP contribution in [-0.2, 0) is 0 Å². The van der Waals surface area contributed by atoms with Crippen molar-refractivity contribution < 1.29 is 4.79 Å². The predicted molar refractivity (Wildman–Crippen MR) is 45.0 cm³/mol. The molecular formula is C9H12N2O. The molecule has 0 aliphatic heterocycles. The molecule has 0 saturated heterocycles. The third-order valence-electron chi connectivity index (χ3n) is 2.56. The van der Waals surface area contributed by atoms with Gasteiger partial charge in [0.2, 0.25) is 0 Å². The third-order valence-corrected chi connectivity index (χ3v) is 2.56. The molecule has 1 atom stereocenters. The quantitative estimate of drug-likeness (QED) is 0.637. The van der Waals surface area contributed by atoms with Crippen molar-refractivity contribution in [2.45, 2.75) is 25.8 Å². The number of nitrogens with zero attached hydrogens (tertiary/aromatic N) is 2. The van der Waals surface area contributed by atoms with Crippen LogP contribution >= 0.6 is 0 Å². The molecule has 0 amide bonds. The van der Waals surface area contributed by atoms with Crippen molar-refractivity contribution in [1.29, 1.82) is 0 Å². The average Bonchev–Trinajstić information content (AvgIpc) is 2.82. The number of hydrogen-bond donors (Lipinski definition) is 0. The molecule has 64 valence electrons. The van der Waals surface area contributed by atoms with Gasteiger partial charge in [-0.3, -0.25) is 4.79 Å². The molecule has 1 saturated carbocycles. The Morgan fingerprint density at radius 2 is 2.50 bits per heavy atom. The number of aromatic nitrogens is 2. The minimum atomic E-state index is 0.438. The van der Waals surface area contributed by atoms with Gasteiger partial charge in [-0.15, -0.1) is 0 Å². The van der Waals surface area contributed by atoms with E-state index in [1.807, 2.05) is 4.57 Å². The van der Waals surface area contributed by atoms with Crippen LogP contribution in [0.25, 0.3) is 0 Å². The first-order valence-corrected chi connectivity index (χ1v) is 4.30. The van der Waals surface area contributed by atoms with Gasteiger partial charge in [0.15, 0.2) is 6.29 Å². The van der Waals surface area contributed by atoms with Gasteiger partial charge >= 0.3 is 0 Å². The van der Waals surface area contributed by atoms with Gasteiger partial charge in [0.05, 0.1) is 12.5 Å². The zero-order valence-electron chi connectivity index (χ0n) is 7.10. The molecule has 2 rings (SSSR count). The second kappa shape index (κ2) is 2.73. The van der Waals surface area contributed by atoms with Crippen molar-refractivity contribution in [3.63, 3.8) is 0 Å². The summed E-state index contributed by atoms with van der Waals surface area (Å²) in [6.07, 6.45) is 6.81. The van der Waals surface area contributed by atoms with Gasteiger partial charge < -0.3 is 4.57 Å². The summed E-state index contributed by atoms with van der Waals surface area (Å²) >= 11 is 0. The van der Waals surface area contributed by atoms with E-state index < -0.39 is 0 Å². The van der Waals surface area contributed by atoms with E-state index in [0.717, 1.165) is 12.2 Å². The van der Waals surface area contributed by atoms with Gasteiger partial charge in [-0.1, -0.05) is 0 Å². The number of rotatable bonds is 3. The molecule has 1 aromatic heterocycles. The van der Waals surface area contributed by atoms with Crippen molar-refractivity contribution >= 4 is 6.29 Å². The molecule has 0 bridgehead atoms. The zero-order valence-corrected chi connectivity index (χ0v) is 7.10. The molecule has 3 nitrogen and oxygen atoms in total. The summed E-state index contributed by atoms with van der Waals surface area (Å²) in [5, 5.41) is 0. The van der Waals surface area contributed by atoms with Crippen LogP contribution in [0, 0.1) is 5.92 Å². The fraction of sp³-hybridized carbons (Fsp3) is 0.556. The van der Waals surface area contributed by atoms with Gasteiger partial charge in [-0.25, -0.2) is 4.98 Å². The average molecular weight is 164 g/mol. The highest BCUT2D eigenvalue weighted by molar-refractivity contribution is 5.71. The van der Waals surface area contributed by atoms with Gasteiger partial charge in [-0.05, 0) is 25.7 Å². The molecule has 1 aliphatic carbocycles. The van der Waals surface area contributed by atoms with Gasteiger partial charge in [0.1, 0.15) is 5.69 Å². The first-order valence-electron chi connectivity index (χ1n) is 4.30. The molecule has 1 aromatic rings. The van der Waals surface area contributed by atoms with Gasteiger partial charge in [0, 0.05) is 6.04 Å². The summed E-state index contributed by atoms with van der Waals surface area (Å²) in [5.41, 5.74) is 0.689. The topological polar surface area (TPSA) is 34.9 Å². The molecule has 1 unspecified atom stereocenters. The molecule has 1 fully saturated rings. The van der Waals surface area contributed by atoms with Crippen LogP contribution in [0.3, 0.4) is 0 Å². The largest absolute Gasteiger partial charge is 0.325 e. The summed E-state index contributed by atoms with van der Waals surface area (Å²) in [6.45, 7) is 2.15. The number of hydrogen-bond acceptors (Lipinski definition) is 2. The highest BCUT2D eigenvalue weighted by atomic mass is 16.1. The Balaban J connectivity index is 2.24. The molecule has 1 aliphatic rings. The summed E-state index contributed by atoms with van der Waals surface area (Å²) in [4.78, 5) is 14.5. The maximum absolute atomic E-state index is 10.6. The molecular weight excluding hydrogens is 152 g/mol. The molecule has 0 aromatic carbocycles. The van der Waals surface area contributed by atoms with E-state index >= 15 is 0 Å². The summed E-state index contributed by atoms with van der Waals surface area (Å²) in [6, 6.07) is 0.438. The standard InChI is InChI=1S/C9H12N2O/c1-7(8-2-3-8)11-6-10-4-9(11)5-12/h4-8H,2-3H2,1H3. The zero-order chi connectivity index (χ0) is 8.55. The lowest BCUT2D eigenvalue weighted by atomic mass is 10.2. The van der Waals surface area contributed by atoms with Crippen LogP contribution < -0.4 is 0 Å². The first-order chi connectivity index (χ1) is 5.83. The first kappa shape index (κ1) is 7.53. The second-order valence-electron chi connectivity index (χ2n) is 3.42. The maximum atomic E-state index is 10.6. The van der Waals surface area contributed by atoms with E-state index in [0.29, 0.717) is 11.7 Å². The number of aldehydes is 1. The highest BCUT2D eigenvalue weighted by Crippen LogP contribution is 2.39.